The number of carbonyl (C=O) groups excluding carboxylic acids is 2. The topological polar surface area (TPSA) is 78.9 Å². The number of aliphatic hydroxyl groups is 1. The standard InChI is InChI=1S/C19H22F4N2O4/c1-3-29-18(28)13(9-25(2)19(10-26)6-4-5-7-19)24-17(27)11-8-12(20)15(22)16(23)14(11)21/h8-9,26H,3-7,10H2,1-2H3,(H,24,27). The van der Waals surface area contributed by atoms with E-state index in [1.54, 1.807) is 11.9 Å². The highest BCUT2D eigenvalue weighted by molar-refractivity contribution is 6.01. The molecule has 10 heteroatoms. The fourth-order valence-electron chi connectivity index (χ4n) is 3.26. The molecule has 1 fully saturated rings. The van der Waals surface area contributed by atoms with Crippen molar-refractivity contribution in [2.24, 2.45) is 0 Å². The number of esters is 1. The molecule has 0 saturated heterocycles. The maximum atomic E-state index is 13.9. The van der Waals surface area contributed by atoms with Gasteiger partial charge in [-0.25, -0.2) is 22.4 Å². The Bertz CT molecular complexity index is 823. The molecule has 0 bridgehead atoms. The average molecular weight is 418 g/mol. The number of ether oxygens (including phenoxy) is 1. The van der Waals surface area contributed by atoms with E-state index in [-0.39, 0.29) is 19.3 Å². The Labute approximate surface area is 165 Å². The molecule has 0 spiro atoms. The molecule has 2 N–H and O–H groups in total. The highest BCUT2D eigenvalue weighted by Gasteiger charge is 2.37. The van der Waals surface area contributed by atoms with Crippen LogP contribution in [0.1, 0.15) is 43.0 Å². The van der Waals surface area contributed by atoms with Crippen molar-refractivity contribution >= 4 is 11.9 Å². The number of nitrogens with one attached hydrogen (secondary N) is 1. The lowest BCUT2D eigenvalue weighted by Gasteiger charge is -2.37. The van der Waals surface area contributed by atoms with Gasteiger partial charge < -0.3 is 20.1 Å². The number of amides is 1. The van der Waals surface area contributed by atoms with Crippen molar-refractivity contribution in [2.75, 3.05) is 20.3 Å². The number of nitrogens with zero attached hydrogens (tertiary/aromatic N) is 1. The Balaban J connectivity index is 2.37. The van der Waals surface area contributed by atoms with Crippen LogP contribution in [-0.2, 0) is 9.53 Å². The van der Waals surface area contributed by atoms with Crippen molar-refractivity contribution in [1.82, 2.24) is 10.2 Å². The predicted octanol–water partition coefficient (Wildman–Crippen LogP) is 2.61. The Kier molecular flexibility index (Phi) is 7.23. The van der Waals surface area contributed by atoms with Gasteiger partial charge in [0.25, 0.3) is 5.91 Å². The van der Waals surface area contributed by atoms with Crippen molar-refractivity contribution in [2.45, 2.75) is 38.1 Å². The molecule has 2 rings (SSSR count). The van der Waals surface area contributed by atoms with Gasteiger partial charge in [0.05, 0.1) is 24.3 Å². The van der Waals surface area contributed by atoms with Crippen LogP contribution in [0.4, 0.5) is 17.6 Å². The highest BCUT2D eigenvalue weighted by atomic mass is 19.2. The first kappa shape index (κ1) is 22.7. The zero-order valence-corrected chi connectivity index (χ0v) is 16.0. The number of hydrogen-bond donors (Lipinski definition) is 2. The van der Waals surface area contributed by atoms with Crippen molar-refractivity contribution in [3.8, 4) is 0 Å². The van der Waals surface area contributed by atoms with Gasteiger partial charge in [-0.05, 0) is 25.8 Å². The smallest absolute Gasteiger partial charge is 0.356 e. The summed E-state index contributed by atoms with van der Waals surface area (Å²) in [5.74, 6) is -10.2. The third-order valence-electron chi connectivity index (χ3n) is 4.99. The predicted molar refractivity (Wildman–Crippen MR) is 94.5 cm³/mol. The van der Waals surface area contributed by atoms with E-state index in [1.807, 2.05) is 0 Å². The number of aliphatic hydroxyl groups excluding tert-OH is 1. The van der Waals surface area contributed by atoms with Gasteiger partial charge in [0.15, 0.2) is 23.3 Å². The molecule has 0 heterocycles. The molecule has 160 valence electrons. The minimum atomic E-state index is -2.14. The van der Waals surface area contributed by atoms with E-state index < -0.39 is 51.9 Å². The monoisotopic (exact) mass is 418 g/mol. The molecule has 0 radical (unpaired) electrons. The Hall–Kier alpha value is -2.62. The summed E-state index contributed by atoms with van der Waals surface area (Å²) in [7, 11) is 1.59. The van der Waals surface area contributed by atoms with Crippen LogP contribution in [0.5, 0.6) is 0 Å². The Morgan fingerprint density at radius 3 is 2.38 bits per heavy atom. The zero-order chi connectivity index (χ0) is 21.8. The van der Waals surface area contributed by atoms with Crippen LogP contribution in [-0.4, -0.2) is 47.7 Å². The molecule has 1 aromatic carbocycles. The van der Waals surface area contributed by atoms with Gasteiger partial charge in [0.1, 0.15) is 5.70 Å². The quantitative estimate of drug-likeness (QED) is 0.234. The van der Waals surface area contributed by atoms with Crippen LogP contribution < -0.4 is 5.32 Å². The largest absolute Gasteiger partial charge is 0.461 e. The average Bonchev–Trinajstić information content (AvgIpc) is 3.19. The zero-order valence-electron chi connectivity index (χ0n) is 16.0. The molecule has 1 aliphatic rings. The van der Waals surface area contributed by atoms with Gasteiger partial charge in [-0.15, -0.1) is 0 Å². The van der Waals surface area contributed by atoms with E-state index in [0.29, 0.717) is 12.8 Å². The summed E-state index contributed by atoms with van der Waals surface area (Å²) in [5, 5.41) is 11.8. The Morgan fingerprint density at radius 1 is 1.21 bits per heavy atom. The first-order valence-electron chi connectivity index (χ1n) is 9.04. The summed E-state index contributed by atoms with van der Waals surface area (Å²) < 4.78 is 58.7. The fraction of sp³-hybridized carbons (Fsp3) is 0.474. The number of benzene rings is 1. The number of rotatable bonds is 7. The normalized spacial score (nSPS) is 15.9. The van der Waals surface area contributed by atoms with Gasteiger partial charge in [0.2, 0.25) is 0 Å². The van der Waals surface area contributed by atoms with Crippen LogP contribution in [0.15, 0.2) is 18.0 Å². The second-order valence-electron chi connectivity index (χ2n) is 6.77. The number of carbonyl (C=O) groups is 2. The maximum Gasteiger partial charge on any atom is 0.356 e. The minimum absolute atomic E-state index is 0.0327. The second kappa shape index (κ2) is 9.25. The molecule has 1 amide bonds. The molecule has 1 aliphatic carbocycles. The number of halogens is 4. The van der Waals surface area contributed by atoms with Gasteiger partial charge in [-0.1, -0.05) is 12.8 Å². The van der Waals surface area contributed by atoms with Crippen molar-refractivity contribution in [3.05, 3.63) is 46.8 Å². The lowest BCUT2D eigenvalue weighted by Crippen LogP contribution is -2.45. The molecule has 1 saturated carbocycles. The van der Waals surface area contributed by atoms with Gasteiger partial charge in [-0.2, -0.15) is 0 Å². The second-order valence-corrected chi connectivity index (χ2v) is 6.77. The molecule has 0 unspecified atom stereocenters. The van der Waals surface area contributed by atoms with E-state index in [9.17, 15) is 32.3 Å². The summed E-state index contributed by atoms with van der Waals surface area (Å²) in [6, 6.07) is 0.196. The molecule has 0 atom stereocenters. The summed E-state index contributed by atoms with van der Waals surface area (Å²) in [6.07, 6.45) is 4.22. The van der Waals surface area contributed by atoms with E-state index in [4.69, 9.17) is 4.74 Å². The SMILES string of the molecule is CCOC(=O)C(=CN(C)C1(CO)CCCC1)NC(=O)c1cc(F)c(F)c(F)c1F. The summed E-state index contributed by atoms with van der Waals surface area (Å²) >= 11 is 0. The van der Waals surface area contributed by atoms with E-state index in [1.165, 1.54) is 13.1 Å². The minimum Gasteiger partial charge on any atom is -0.461 e. The lowest BCUT2D eigenvalue weighted by atomic mass is 9.97. The van der Waals surface area contributed by atoms with Gasteiger partial charge in [0, 0.05) is 13.2 Å². The summed E-state index contributed by atoms with van der Waals surface area (Å²) in [4.78, 5) is 26.1. The molecule has 6 nitrogen and oxygen atoms in total. The van der Waals surface area contributed by atoms with Gasteiger partial charge >= 0.3 is 5.97 Å². The third-order valence-corrected chi connectivity index (χ3v) is 4.99. The van der Waals surface area contributed by atoms with E-state index in [2.05, 4.69) is 5.32 Å². The van der Waals surface area contributed by atoms with E-state index >= 15 is 0 Å². The van der Waals surface area contributed by atoms with Crippen molar-refractivity contribution in [1.29, 1.82) is 0 Å². The summed E-state index contributed by atoms with van der Waals surface area (Å²) in [5.41, 5.74) is -2.19. The van der Waals surface area contributed by atoms with Crippen LogP contribution in [0, 0.1) is 23.3 Å². The molecular weight excluding hydrogens is 396 g/mol. The Morgan fingerprint density at radius 2 is 1.83 bits per heavy atom. The van der Waals surface area contributed by atoms with Crippen LogP contribution in [0.2, 0.25) is 0 Å². The van der Waals surface area contributed by atoms with E-state index in [0.717, 1.165) is 12.8 Å². The van der Waals surface area contributed by atoms with Crippen LogP contribution in [0.3, 0.4) is 0 Å². The number of hydrogen-bond acceptors (Lipinski definition) is 5. The first-order chi connectivity index (χ1) is 13.7. The first-order valence-corrected chi connectivity index (χ1v) is 9.04. The highest BCUT2D eigenvalue weighted by Crippen LogP contribution is 2.34. The van der Waals surface area contributed by atoms with Gasteiger partial charge in [-0.3, -0.25) is 4.79 Å². The fourth-order valence-corrected chi connectivity index (χ4v) is 3.26. The molecular formula is C19H22F4N2O4. The number of likely N-dealkylation sites (N-methyl/N-ethyl adjacent to an activating group) is 1. The molecule has 29 heavy (non-hydrogen) atoms. The van der Waals surface area contributed by atoms with Crippen molar-refractivity contribution in [3.63, 3.8) is 0 Å². The van der Waals surface area contributed by atoms with Crippen molar-refractivity contribution < 1.29 is 37.0 Å². The molecule has 0 aliphatic heterocycles. The summed E-state index contributed by atoms with van der Waals surface area (Å²) in [6.45, 7) is 1.29. The molecule has 0 aromatic heterocycles. The maximum absolute atomic E-state index is 13.9. The molecule has 1 aromatic rings. The van der Waals surface area contributed by atoms with Crippen LogP contribution in [0.25, 0.3) is 0 Å². The van der Waals surface area contributed by atoms with Crippen LogP contribution >= 0.6 is 0 Å². The lowest BCUT2D eigenvalue weighted by molar-refractivity contribution is -0.139. The third kappa shape index (κ3) is 4.69.